The SMILES string of the molecule is C=CC.C=CCC.CC.CN1NC(C(F)(F)F)C=C1c1cccc(OCCN2CCOCC2)c1. The van der Waals surface area contributed by atoms with Crippen LogP contribution in [0.4, 0.5) is 13.2 Å². The van der Waals surface area contributed by atoms with Gasteiger partial charge in [0, 0.05) is 32.2 Å². The number of nitrogens with one attached hydrogen (secondary N) is 1. The van der Waals surface area contributed by atoms with Crippen LogP contribution in [0.25, 0.3) is 5.70 Å². The zero-order valence-corrected chi connectivity index (χ0v) is 21.3. The predicted octanol–water partition coefficient (Wildman–Crippen LogP) is 5.92. The van der Waals surface area contributed by atoms with Gasteiger partial charge in [-0.2, -0.15) is 13.2 Å². The highest BCUT2D eigenvalue weighted by atomic mass is 19.4. The number of ether oxygens (including phenoxy) is 2. The lowest BCUT2D eigenvalue weighted by atomic mass is 10.1. The van der Waals surface area contributed by atoms with Gasteiger partial charge in [-0.3, -0.25) is 4.90 Å². The van der Waals surface area contributed by atoms with Crippen LogP contribution < -0.4 is 10.2 Å². The summed E-state index contributed by atoms with van der Waals surface area (Å²) in [6, 6.07) is 5.47. The van der Waals surface area contributed by atoms with E-state index in [4.69, 9.17) is 9.47 Å². The maximum absolute atomic E-state index is 12.9. The highest BCUT2D eigenvalue weighted by molar-refractivity contribution is 5.67. The van der Waals surface area contributed by atoms with Crippen LogP contribution in [0.1, 0.15) is 39.7 Å². The molecule has 2 aliphatic rings. The summed E-state index contributed by atoms with van der Waals surface area (Å²) >= 11 is 0. The van der Waals surface area contributed by atoms with Gasteiger partial charge in [0.15, 0.2) is 0 Å². The standard InChI is InChI=1S/C17H22F3N3O2.C4H8.C3H6.C2H6/c1-22-15(12-16(21-22)17(18,19)20)13-3-2-4-14(11-13)25-10-7-23-5-8-24-9-6-23;1-3-4-2;1-3-2;1-2/h2-4,11-12,16,21H,5-10H2,1H3;3H,1,4H2,2H3;3H,1H2,2H3;1-2H3. The predicted molar refractivity (Wildman–Crippen MR) is 136 cm³/mol. The molecule has 0 aliphatic carbocycles. The molecule has 2 heterocycles. The second kappa shape index (κ2) is 18.1. The average molecular weight is 486 g/mol. The molecule has 0 saturated carbocycles. The van der Waals surface area contributed by atoms with E-state index < -0.39 is 12.2 Å². The Kier molecular flexibility index (Phi) is 16.9. The van der Waals surface area contributed by atoms with E-state index in [1.54, 1.807) is 31.3 Å². The summed E-state index contributed by atoms with van der Waals surface area (Å²) in [7, 11) is 1.57. The Morgan fingerprint density at radius 2 is 1.79 bits per heavy atom. The molecule has 3 rings (SSSR count). The van der Waals surface area contributed by atoms with Gasteiger partial charge < -0.3 is 14.5 Å². The van der Waals surface area contributed by atoms with Crippen LogP contribution in [0.15, 0.2) is 55.7 Å². The van der Waals surface area contributed by atoms with Gasteiger partial charge in [0.25, 0.3) is 0 Å². The Morgan fingerprint density at radius 3 is 2.29 bits per heavy atom. The van der Waals surface area contributed by atoms with Crippen LogP contribution in [-0.2, 0) is 4.74 Å². The first kappa shape index (κ1) is 31.7. The molecular formula is C26H42F3N3O2. The fourth-order valence-electron chi connectivity index (χ4n) is 2.91. The minimum Gasteiger partial charge on any atom is -0.492 e. The van der Waals surface area contributed by atoms with Crippen molar-refractivity contribution < 1.29 is 22.6 Å². The van der Waals surface area contributed by atoms with Gasteiger partial charge in [0.2, 0.25) is 0 Å². The summed E-state index contributed by atoms with van der Waals surface area (Å²) in [5, 5.41) is 1.39. The van der Waals surface area contributed by atoms with E-state index in [1.165, 1.54) is 11.1 Å². The van der Waals surface area contributed by atoms with Gasteiger partial charge in [-0.25, -0.2) is 5.43 Å². The van der Waals surface area contributed by atoms with Crippen LogP contribution in [-0.4, -0.2) is 68.6 Å². The zero-order valence-electron chi connectivity index (χ0n) is 21.3. The van der Waals surface area contributed by atoms with Gasteiger partial charge >= 0.3 is 6.18 Å². The first-order valence-electron chi connectivity index (χ1n) is 11.8. The van der Waals surface area contributed by atoms with Gasteiger partial charge in [-0.05, 0) is 31.6 Å². The van der Waals surface area contributed by atoms with Crippen LogP contribution in [0, 0.1) is 0 Å². The molecular weight excluding hydrogens is 443 g/mol. The molecule has 1 fully saturated rings. The number of alkyl halides is 3. The molecule has 8 heteroatoms. The molecule has 34 heavy (non-hydrogen) atoms. The number of benzene rings is 1. The number of halogens is 3. The number of morpholine rings is 1. The first-order valence-corrected chi connectivity index (χ1v) is 11.8. The molecule has 5 nitrogen and oxygen atoms in total. The van der Waals surface area contributed by atoms with E-state index in [9.17, 15) is 13.2 Å². The molecule has 1 aromatic carbocycles. The number of rotatable bonds is 6. The van der Waals surface area contributed by atoms with Crippen LogP contribution in [0.5, 0.6) is 5.75 Å². The highest BCUT2D eigenvalue weighted by Crippen LogP contribution is 2.31. The molecule has 1 unspecified atom stereocenters. The molecule has 2 aliphatic heterocycles. The third-order valence-electron chi connectivity index (χ3n) is 4.57. The topological polar surface area (TPSA) is 37.0 Å². The summed E-state index contributed by atoms with van der Waals surface area (Å²) in [6.07, 6.45) is 1.58. The largest absolute Gasteiger partial charge is 0.492 e. The number of hydrazine groups is 1. The Morgan fingerprint density at radius 1 is 1.21 bits per heavy atom. The van der Waals surface area contributed by atoms with E-state index in [2.05, 4.69) is 30.4 Å². The van der Waals surface area contributed by atoms with Crippen LogP contribution in [0.2, 0.25) is 0 Å². The van der Waals surface area contributed by atoms with Crippen molar-refractivity contribution in [2.45, 2.75) is 46.3 Å². The summed E-state index contributed by atoms with van der Waals surface area (Å²) in [6.45, 7) is 19.4. The lowest BCUT2D eigenvalue weighted by Crippen LogP contribution is -2.42. The van der Waals surface area contributed by atoms with E-state index in [0.29, 0.717) is 23.6 Å². The average Bonchev–Trinajstić information content (AvgIpc) is 3.24. The molecule has 1 saturated heterocycles. The maximum atomic E-state index is 12.9. The summed E-state index contributed by atoms with van der Waals surface area (Å²) in [5.41, 5.74) is 3.58. The van der Waals surface area contributed by atoms with Gasteiger partial charge in [0.05, 0.1) is 18.9 Å². The highest BCUT2D eigenvalue weighted by Gasteiger charge is 2.42. The number of allylic oxidation sites excluding steroid dienone is 2. The van der Waals surface area contributed by atoms with Crippen LogP contribution in [0.3, 0.4) is 0 Å². The first-order chi connectivity index (χ1) is 16.3. The molecule has 1 atom stereocenters. The number of hydrogen-bond donors (Lipinski definition) is 1. The maximum Gasteiger partial charge on any atom is 0.409 e. The Balaban J connectivity index is 0.00000105. The molecule has 1 N–H and O–H groups in total. The minimum absolute atomic E-state index is 0.487. The van der Waals surface area contributed by atoms with Crippen LogP contribution >= 0.6 is 0 Å². The molecule has 0 spiro atoms. The quantitative estimate of drug-likeness (QED) is 0.506. The summed E-state index contributed by atoms with van der Waals surface area (Å²) in [4.78, 5) is 2.26. The zero-order chi connectivity index (χ0) is 26.0. The minimum atomic E-state index is -4.32. The smallest absolute Gasteiger partial charge is 0.409 e. The lowest BCUT2D eigenvalue weighted by Gasteiger charge is -2.26. The molecule has 194 valence electrons. The van der Waals surface area contributed by atoms with Gasteiger partial charge in [0.1, 0.15) is 18.4 Å². The van der Waals surface area contributed by atoms with E-state index in [-0.39, 0.29) is 0 Å². The summed E-state index contributed by atoms with van der Waals surface area (Å²) < 4.78 is 49.7. The van der Waals surface area contributed by atoms with E-state index in [0.717, 1.165) is 39.3 Å². The fourth-order valence-corrected chi connectivity index (χ4v) is 2.91. The van der Waals surface area contributed by atoms with Crippen molar-refractivity contribution in [1.82, 2.24) is 15.3 Å². The second-order valence-corrected chi connectivity index (χ2v) is 7.19. The number of hydrogen-bond acceptors (Lipinski definition) is 5. The Bertz CT molecular complexity index is 717. The summed E-state index contributed by atoms with van der Waals surface area (Å²) in [5.74, 6) is 0.649. The van der Waals surface area contributed by atoms with Crippen molar-refractivity contribution in [3.63, 3.8) is 0 Å². The Labute approximate surface area is 203 Å². The van der Waals surface area contributed by atoms with Crippen molar-refractivity contribution in [3.05, 3.63) is 61.2 Å². The van der Waals surface area contributed by atoms with Crippen molar-refractivity contribution in [1.29, 1.82) is 0 Å². The van der Waals surface area contributed by atoms with E-state index >= 15 is 0 Å². The third-order valence-corrected chi connectivity index (χ3v) is 4.57. The van der Waals surface area contributed by atoms with Crippen molar-refractivity contribution in [3.8, 4) is 5.75 Å². The van der Waals surface area contributed by atoms with Gasteiger partial charge in [-0.1, -0.05) is 45.1 Å². The van der Waals surface area contributed by atoms with Crippen molar-refractivity contribution >= 4 is 5.70 Å². The van der Waals surface area contributed by atoms with Gasteiger partial charge in [-0.15, -0.1) is 13.2 Å². The van der Waals surface area contributed by atoms with Crippen molar-refractivity contribution in [2.75, 3.05) is 46.5 Å². The molecule has 0 amide bonds. The second-order valence-electron chi connectivity index (χ2n) is 7.19. The third kappa shape index (κ3) is 12.3. The molecule has 0 bridgehead atoms. The molecule has 0 radical (unpaired) electrons. The lowest BCUT2D eigenvalue weighted by molar-refractivity contribution is -0.148. The van der Waals surface area contributed by atoms with E-state index in [1.807, 2.05) is 32.9 Å². The molecule has 1 aromatic rings. The molecule has 0 aromatic heterocycles. The van der Waals surface area contributed by atoms with Crippen molar-refractivity contribution in [2.24, 2.45) is 0 Å². The monoisotopic (exact) mass is 485 g/mol. The Hall–Kier alpha value is -2.29. The number of nitrogens with zero attached hydrogens (tertiary/aromatic N) is 2. The fraction of sp³-hybridized carbons (Fsp3) is 0.538. The normalized spacial score (nSPS) is 17.6.